The molecule has 3 atom stereocenters. The summed E-state index contributed by atoms with van der Waals surface area (Å²) in [5.74, 6) is 0.104. The van der Waals surface area contributed by atoms with Gasteiger partial charge < -0.3 is 10.4 Å². The second kappa shape index (κ2) is 2.76. The van der Waals surface area contributed by atoms with Gasteiger partial charge in [0.15, 0.2) is 0 Å². The molecule has 0 radical (unpaired) electrons. The third kappa shape index (κ3) is 0.930. The second-order valence-electron chi connectivity index (χ2n) is 5.92. The van der Waals surface area contributed by atoms with E-state index in [1.807, 2.05) is 0 Å². The highest BCUT2D eigenvalue weighted by molar-refractivity contribution is 5.84. The van der Waals surface area contributed by atoms with Crippen molar-refractivity contribution < 1.29 is 9.90 Å². The van der Waals surface area contributed by atoms with Crippen LogP contribution in [-0.2, 0) is 4.79 Å². The highest BCUT2D eigenvalue weighted by Crippen LogP contribution is 2.72. The zero-order chi connectivity index (χ0) is 11.5. The van der Waals surface area contributed by atoms with E-state index >= 15 is 0 Å². The first-order chi connectivity index (χ1) is 6.82. The number of carbonyl (C=O) groups is 1. The summed E-state index contributed by atoms with van der Waals surface area (Å²) in [6, 6.07) is 0. The molecule has 2 N–H and O–H groups in total. The summed E-state index contributed by atoms with van der Waals surface area (Å²) in [5, 5.41) is 12.9. The van der Waals surface area contributed by atoms with Crippen LogP contribution in [0.25, 0.3) is 0 Å². The van der Waals surface area contributed by atoms with E-state index in [0.29, 0.717) is 6.42 Å². The van der Waals surface area contributed by atoms with Crippen LogP contribution in [-0.4, -0.2) is 24.2 Å². The van der Waals surface area contributed by atoms with Crippen molar-refractivity contribution in [2.24, 2.45) is 16.2 Å². The summed E-state index contributed by atoms with van der Waals surface area (Å²) in [6.07, 6.45) is 2.15. The Hall–Kier alpha value is -0.570. The van der Waals surface area contributed by atoms with Gasteiger partial charge in [-0.15, -0.1) is 0 Å². The fraction of sp³-hybridized carbons (Fsp3) is 0.917. The summed E-state index contributed by atoms with van der Waals surface area (Å²) in [7, 11) is 1.69. The van der Waals surface area contributed by atoms with Gasteiger partial charge in [0.05, 0.1) is 11.5 Å². The molecule has 3 nitrogen and oxygen atoms in total. The molecule has 2 aliphatic rings. The maximum Gasteiger partial charge on any atom is 0.226 e. The summed E-state index contributed by atoms with van der Waals surface area (Å²) in [6.45, 7) is 6.38. The van der Waals surface area contributed by atoms with Gasteiger partial charge in [-0.2, -0.15) is 0 Å². The van der Waals surface area contributed by atoms with Crippen LogP contribution in [0.3, 0.4) is 0 Å². The maximum atomic E-state index is 12.1. The van der Waals surface area contributed by atoms with Gasteiger partial charge in [-0.1, -0.05) is 20.8 Å². The first kappa shape index (κ1) is 10.9. The minimum absolute atomic E-state index is 0.0977. The Morgan fingerprint density at radius 3 is 2.27 bits per heavy atom. The van der Waals surface area contributed by atoms with Crippen molar-refractivity contribution in [1.29, 1.82) is 0 Å². The Morgan fingerprint density at radius 1 is 1.33 bits per heavy atom. The molecular formula is C12H21NO2. The highest BCUT2D eigenvalue weighted by Gasteiger charge is 2.71. The number of rotatable bonds is 1. The average molecular weight is 211 g/mol. The molecule has 0 unspecified atom stereocenters. The van der Waals surface area contributed by atoms with Crippen molar-refractivity contribution >= 4 is 5.91 Å². The first-order valence-corrected chi connectivity index (χ1v) is 5.72. The molecule has 0 aliphatic heterocycles. The van der Waals surface area contributed by atoms with Gasteiger partial charge in [-0.3, -0.25) is 4.79 Å². The van der Waals surface area contributed by atoms with Gasteiger partial charge in [0.25, 0.3) is 0 Å². The molecule has 2 aliphatic carbocycles. The van der Waals surface area contributed by atoms with Gasteiger partial charge in [0.2, 0.25) is 5.91 Å². The van der Waals surface area contributed by atoms with Crippen molar-refractivity contribution in [3.05, 3.63) is 0 Å². The van der Waals surface area contributed by atoms with Gasteiger partial charge in [0.1, 0.15) is 0 Å². The molecule has 0 aromatic rings. The summed E-state index contributed by atoms with van der Waals surface area (Å²) >= 11 is 0. The number of amides is 1. The fourth-order valence-electron chi connectivity index (χ4n) is 3.87. The molecule has 0 saturated heterocycles. The molecule has 0 aromatic heterocycles. The average Bonchev–Trinajstić information content (AvgIpc) is 2.47. The van der Waals surface area contributed by atoms with E-state index in [9.17, 15) is 9.90 Å². The standard InChI is InChI=1S/C12H21NO2/c1-10(2)11(3)5-6-12(10,7-8(11)14)9(15)13-4/h8,14H,5-7H2,1-4H3,(H,13,15)/t8-,11-,12+/m0/s1. The van der Waals surface area contributed by atoms with Crippen LogP contribution in [0.4, 0.5) is 0 Å². The molecule has 0 spiro atoms. The van der Waals surface area contributed by atoms with Gasteiger partial charge >= 0.3 is 0 Å². The lowest BCUT2D eigenvalue weighted by Gasteiger charge is -2.39. The number of fused-ring (bicyclic) bond motifs is 2. The summed E-state index contributed by atoms with van der Waals surface area (Å²) in [4.78, 5) is 12.1. The van der Waals surface area contributed by atoms with Crippen LogP contribution in [0, 0.1) is 16.2 Å². The zero-order valence-electron chi connectivity index (χ0n) is 10.1. The van der Waals surface area contributed by atoms with E-state index in [1.165, 1.54) is 0 Å². The Balaban J connectivity index is 2.49. The van der Waals surface area contributed by atoms with Crippen molar-refractivity contribution in [2.75, 3.05) is 7.05 Å². The Labute approximate surface area is 91.2 Å². The largest absolute Gasteiger partial charge is 0.393 e. The summed E-state index contributed by atoms with van der Waals surface area (Å²) < 4.78 is 0. The normalized spacial score (nSPS) is 46.9. The van der Waals surface area contributed by atoms with Crippen molar-refractivity contribution in [2.45, 2.75) is 46.1 Å². The lowest BCUT2D eigenvalue weighted by Crippen LogP contribution is -2.45. The van der Waals surface area contributed by atoms with Gasteiger partial charge in [-0.25, -0.2) is 0 Å². The number of hydrogen-bond acceptors (Lipinski definition) is 2. The SMILES string of the molecule is CNC(=O)[C@@]12CC[C@@](C)([C@@H](O)C1)C2(C)C. The summed E-state index contributed by atoms with van der Waals surface area (Å²) in [5.41, 5.74) is -0.561. The van der Waals surface area contributed by atoms with Gasteiger partial charge in [0, 0.05) is 7.05 Å². The molecule has 2 saturated carbocycles. The van der Waals surface area contributed by atoms with E-state index < -0.39 is 0 Å². The minimum atomic E-state index is -0.351. The zero-order valence-corrected chi connectivity index (χ0v) is 10.1. The third-order valence-electron chi connectivity index (χ3n) is 5.63. The van der Waals surface area contributed by atoms with Crippen LogP contribution in [0.5, 0.6) is 0 Å². The molecule has 1 amide bonds. The predicted molar refractivity (Wildman–Crippen MR) is 58.2 cm³/mol. The van der Waals surface area contributed by atoms with E-state index in [-0.39, 0.29) is 28.3 Å². The predicted octanol–water partition coefficient (Wildman–Crippen LogP) is 1.31. The number of carbonyl (C=O) groups excluding carboxylic acids is 1. The smallest absolute Gasteiger partial charge is 0.226 e. The molecule has 0 aromatic carbocycles. The molecule has 3 heteroatoms. The molecule has 2 rings (SSSR count). The number of aliphatic hydroxyl groups is 1. The van der Waals surface area contributed by atoms with Crippen molar-refractivity contribution in [3.63, 3.8) is 0 Å². The van der Waals surface area contributed by atoms with Crippen LogP contribution in [0.15, 0.2) is 0 Å². The molecular weight excluding hydrogens is 190 g/mol. The molecule has 0 heterocycles. The van der Waals surface area contributed by atoms with E-state index in [1.54, 1.807) is 7.05 Å². The van der Waals surface area contributed by atoms with Crippen molar-refractivity contribution in [1.82, 2.24) is 5.32 Å². The second-order valence-corrected chi connectivity index (χ2v) is 5.92. The quantitative estimate of drug-likeness (QED) is 0.687. The van der Waals surface area contributed by atoms with Gasteiger partial charge in [-0.05, 0) is 30.1 Å². The molecule has 2 bridgehead atoms. The molecule has 2 fully saturated rings. The first-order valence-electron chi connectivity index (χ1n) is 5.72. The van der Waals surface area contributed by atoms with E-state index in [2.05, 4.69) is 26.1 Å². The maximum absolute atomic E-state index is 12.1. The molecule has 15 heavy (non-hydrogen) atoms. The minimum Gasteiger partial charge on any atom is -0.393 e. The lowest BCUT2D eigenvalue weighted by molar-refractivity contribution is -0.135. The van der Waals surface area contributed by atoms with E-state index in [0.717, 1.165) is 12.8 Å². The Kier molecular flexibility index (Phi) is 2.01. The Morgan fingerprint density at radius 2 is 1.93 bits per heavy atom. The molecule has 86 valence electrons. The number of hydrogen-bond donors (Lipinski definition) is 2. The van der Waals surface area contributed by atoms with Crippen molar-refractivity contribution in [3.8, 4) is 0 Å². The third-order valence-corrected chi connectivity index (χ3v) is 5.63. The lowest BCUT2D eigenvalue weighted by atomic mass is 9.64. The Bertz CT molecular complexity index is 313. The van der Waals surface area contributed by atoms with Crippen LogP contribution >= 0.6 is 0 Å². The highest BCUT2D eigenvalue weighted by atomic mass is 16.3. The number of nitrogens with one attached hydrogen (secondary N) is 1. The van der Waals surface area contributed by atoms with Crippen LogP contribution in [0.2, 0.25) is 0 Å². The monoisotopic (exact) mass is 211 g/mol. The fourth-order valence-corrected chi connectivity index (χ4v) is 3.87. The van der Waals surface area contributed by atoms with E-state index in [4.69, 9.17) is 0 Å². The number of aliphatic hydroxyl groups excluding tert-OH is 1. The van der Waals surface area contributed by atoms with Crippen LogP contribution < -0.4 is 5.32 Å². The van der Waals surface area contributed by atoms with Crippen LogP contribution in [0.1, 0.15) is 40.0 Å². The topological polar surface area (TPSA) is 49.3 Å².